The summed E-state index contributed by atoms with van der Waals surface area (Å²) in [4.78, 5) is 0. The standard InChI is InChI=1S/4BO3.3Ba.3Sr/c4*2-1(3)4;;;;;;/q4*-3;6*+2. The maximum absolute atomic E-state index is 8.42. The summed E-state index contributed by atoms with van der Waals surface area (Å²) in [7, 11) is -11.7. The van der Waals surface area contributed by atoms with Crippen molar-refractivity contribution in [1.82, 2.24) is 0 Å². The Kier molecular flexibility index (Phi) is 164. The molecule has 0 radical (unpaired) electrons. The molecule has 0 saturated carbocycles. The number of hydrogen-bond donors (Lipinski definition) is 0. The van der Waals surface area contributed by atoms with Crippen LogP contribution in [0, 0.1) is 0 Å². The Labute approximate surface area is 361 Å². The molecule has 0 saturated heterocycles. The Morgan fingerprint density at radius 2 is 0.273 bits per heavy atom. The Balaban J connectivity index is -0.00000001000. The van der Waals surface area contributed by atoms with Crippen molar-refractivity contribution in [2.24, 2.45) is 0 Å². The van der Waals surface area contributed by atoms with E-state index in [4.69, 9.17) is 60.3 Å². The molecule has 0 aromatic heterocycles. The first-order chi connectivity index (χ1) is 6.93. The van der Waals surface area contributed by atoms with E-state index < -0.39 is 29.3 Å². The molecule has 0 fully saturated rings. The first-order valence-corrected chi connectivity index (χ1v) is 2.83. The molecule has 0 aromatic carbocycles. The van der Waals surface area contributed by atoms with Crippen LogP contribution in [0.15, 0.2) is 0 Å². The molecular weight excluding hydrogens is 910 g/mol. The van der Waals surface area contributed by atoms with Crippen molar-refractivity contribution in [3.8, 4) is 0 Å². The van der Waals surface area contributed by atoms with E-state index in [0.717, 1.165) is 0 Å². The molecule has 0 spiro atoms. The second kappa shape index (κ2) is 57.2. The maximum Gasteiger partial charge on any atom is 2.00 e. The van der Waals surface area contributed by atoms with Crippen LogP contribution in [0.25, 0.3) is 0 Å². The molecule has 0 N–H and O–H groups in total. The van der Waals surface area contributed by atoms with Gasteiger partial charge in [-0.2, -0.15) is 0 Å². The molecule has 0 aromatic rings. The number of rotatable bonds is 0. The molecule has 22 heteroatoms. The second-order valence-electron chi connectivity index (χ2n) is 1.15. The minimum Gasteiger partial charge on any atom is -0.907 e. The average Bonchev–Trinajstić information content (AvgIpc) is 1.76. The molecule has 22 heavy (non-hydrogen) atoms. The molecule has 0 aliphatic rings. The van der Waals surface area contributed by atoms with Crippen LogP contribution in [0.5, 0.6) is 0 Å². The normalized spacial score (nSPS) is 4.91. The molecule has 0 atom stereocenters. The summed E-state index contributed by atoms with van der Waals surface area (Å²) >= 11 is 0. The topological polar surface area (TPSA) is 277 Å². The van der Waals surface area contributed by atoms with Crippen LogP contribution < -0.4 is 60.3 Å². The van der Waals surface area contributed by atoms with E-state index in [9.17, 15) is 0 Å². The molecule has 96 valence electrons. The smallest absolute Gasteiger partial charge is 0.907 e. The summed E-state index contributed by atoms with van der Waals surface area (Å²) in [6.07, 6.45) is 0. The summed E-state index contributed by atoms with van der Waals surface area (Å²) in [6.45, 7) is 0. The van der Waals surface area contributed by atoms with Gasteiger partial charge in [-0.05, 0) is 0 Å². The van der Waals surface area contributed by atoms with Gasteiger partial charge >= 0.3 is 283 Å². The summed E-state index contributed by atoms with van der Waals surface area (Å²) < 4.78 is 0. The van der Waals surface area contributed by atoms with Gasteiger partial charge in [0.2, 0.25) is 0 Å². The Bertz CT molecular complexity index is 80.6. The Morgan fingerprint density at radius 3 is 0.273 bits per heavy atom. The molecule has 0 amide bonds. The molecular formula is B4Ba3O12Sr3. The van der Waals surface area contributed by atoms with Crippen molar-refractivity contribution in [3.05, 3.63) is 0 Å². The van der Waals surface area contributed by atoms with E-state index in [1.807, 2.05) is 0 Å². The van der Waals surface area contributed by atoms with E-state index in [-0.39, 0.29) is 283 Å². The predicted molar refractivity (Wildman–Crippen MR) is 57.5 cm³/mol. The fourth-order valence-electron chi connectivity index (χ4n) is 0. The van der Waals surface area contributed by atoms with Crippen molar-refractivity contribution in [3.63, 3.8) is 0 Å². The largest absolute Gasteiger partial charge is 2.00 e. The van der Waals surface area contributed by atoms with Crippen molar-refractivity contribution in [2.75, 3.05) is 0 Å². The van der Waals surface area contributed by atoms with Gasteiger partial charge in [0.15, 0.2) is 0 Å². The van der Waals surface area contributed by atoms with Crippen LogP contribution in [0.2, 0.25) is 0 Å². The zero-order chi connectivity index (χ0) is 14.3. The Morgan fingerprint density at radius 1 is 0.273 bits per heavy atom. The van der Waals surface area contributed by atoms with Crippen LogP contribution in [-0.2, 0) is 0 Å². The zero-order valence-electron chi connectivity index (χ0n) is 11.5. The van der Waals surface area contributed by atoms with Gasteiger partial charge in [-0.15, -0.1) is 0 Å². The molecule has 12 nitrogen and oxygen atoms in total. The summed E-state index contributed by atoms with van der Waals surface area (Å²) in [5, 5.41) is 101. The fraction of sp³-hybridized carbons (Fsp3) is 0. The van der Waals surface area contributed by atoms with Gasteiger partial charge in [-0.1, -0.05) is 0 Å². The quantitative estimate of drug-likeness (QED) is 0.205. The van der Waals surface area contributed by atoms with Gasteiger partial charge < -0.3 is 60.3 Å². The van der Waals surface area contributed by atoms with Crippen LogP contribution in [0.4, 0.5) is 0 Å². The molecule has 0 heterocycles. The summed E-state index contributed by atoms with van der Waals surface area (Å²) in [6, 6.07) is 0. The van der Waals surface area contributed by atoms with Crippen molar-refractivity contribution < 1.29 is 60.3 Å². The van der Waals surface area contributed by atoms with Crippen molar-refractivity contribution >= 4 is 312 Å². The van der Waals surface area contributed by atoms with E-state index in [1.54, 1.807) is 0 Å². The van der Waals surface area contributed by atoms with E-state index >= 15 is 0 Å². The maximum atomic E-state index is 8.42. The van der Waals surface area contributed by atoms with Gasteiger partial charge in [0, 0.05) is 0 Å². The molecule has 0 aliphatic carbocycles. The number of hydrogen-bond acceptors (Lipinski definition) is 12. The molecule has 0 aliphatic heterocycles. The predicted octanol–water partition coefficient (Wildman–Crippen LogP) is -18.1. The first kappa shape index (κ1) is 63.3. The minimum absolute atomic E-state index is 0. The van der Waals surface area contributed by atoms with Crippen molar-refractivity contribution in [1.29, 1.82) is 0 Å². The monoisotopic (exact) mass is 913 g/mol. The van der Waals surface area contributed by atoms with Crippen LogP contribution in [0.1, 0.15) is 0 Å². The van der Waals surface area contributed by atoms with E-state index in [1.165, 1.54) is 0 Å². The van der Waals surface area contributed by atoms with E-state index in [0.29, 0.717) is 0 Å². The zero-order valence-corrected chi connectivity index (χ0v) is 35.2. The van der Waals surface area contributed by atoms with Gasteiger partial charge in [-0.25, -0.2) is 0 Å². The SMILES string of the molecule is [Ba+2].[Ba+2].[Ba+2].[O-]B([O-])[O-].[O-]B([O-])[O-].[O-]B([O-])[O-].[O-]B([O-])[O-].[Sr+2].[Sr+2].[Sr+2]. The van der Waals surface area contributed by atoms with E-state index in [2.05, 4.69) is 0 Å². The molecule has 0 unspecified atom stereocenters. The van der Waals surface area contributed by atoms with Gasteiger partial charge in [0.25, 0.3) is 0 Å². The van der Waals surface area contributed by atoms with Crippen LogP contribution >= 0.6 is 0 Å². The average molecular weight is 910 g/mol. The Hall–Kier alpha value is 8.94. The van der Waals surface area contributed by atoms with Gasteiger partial charge in [0.05, 0.1) is 0 Å². The summed E-state index contributed by atoms with van der Waals surface area (Å²) in [5.41, 5.74) is 0. The van der Waals surface area contributed by atoms with Crippen LogP contribution in [0.3, 0.4) is 0 Å². The van der Waals surface area contributed by atoms with Crippen molar-refractivity contribution in [2.45, 2.75) is 0 Å². The minimum atomic E-state index is -2.92. The third-order valence-electron chi connectivity index (χ3n) is 0. The van der Waals surface area contributed by atoms with Gasteiger partial charge in [-0.3, -0.25) is 29.3 Å². The van der Waals surface area contributed by atoms with Gasteiger partial charge in [0.1, 0.15) is 0 Å². The molecule has 0 bridgehead atoms. The fourth-order valence-corrected chi connectivity index (χ4v) is 0. The summed E-state index contributed by atoms with van der Waals surface area (Å²) in [5.74, 6) is 0. The first-order valence-electron chi connectivity index (χ1n) is 2.83. The molecule has 0 rings (SSSR count). The van der Waals surface area contributed by atoms with Crippen LogP contribution in [-0.4, -0.2) is 312 Å². The second-order valence-corrected chi connectivity index (χ2v) is 1.15. The third kappa shape index (κ3) is 283. The third-order valence-corrected chi connectivity index (χ3v) is 0.